The van der Waals surface area contributed by atoms with Crippen molar-refractivity contribution in [2.45, 2.75) is 24.6 Å². The molecule has 1 aliphatic rings. The summed E-state index contributed by atoms with van der Waals surface area (Å²) in [7, 11) is 1.36. The van der Waals surface area contributed by atoms with E-state index >= 15 is 0 Å². The number of rotatable bonds is 2. The molecule has 0 aromatic heterocycles. The minimum Gasteiger partial charge on any atom is -0.478 e. The number of carbonyl (C=O) groups is 1. The summed E-state index contributed by atoms with van der Waals surface area (Å²) in [5.74, 6) is -0.879. The van der Waals surface area contributed by atoms with Crippen LogP contribution in [0, 0.1) is 0 Å². The average molecular weight is 286 g/mol. The predicted molar refractivity (Wildman–Crippen MR) is 68.2 cm³/mol. The Morgan fingerprint density at radius 1 is 1.20 bits per heavy atom. The third-order valence-electron chi connectivity index (χ3n) is 2.71. The topological polar surface area (TPSA) is 116 Å². The van der Waals surface area contributed by atoms with Gasteiger partial charge in [-0.25, -0.2) is 4.79 Å². The van der Waals surface area contributed by atoms with Gasteiger partial charge in [-0.15, -0.1) is 0 Å². The summed E-state index contributed by atoms with van der Waals surface area (Å²) in [5, 5.41) is 35.6. The average Bonchev–Trinajstić information content (AvgIpc) is 2.47. The van der Waals surface area contributed by atoms with Gasteiger partial charge in [0.15, 0.2) is 6.29 Å². The van der Waals surface area contributed by atoms with Gasteiger partial charge in [0.1, 0.15) is 18.3 Å². The summed E-state index contributed by atoms with van der Waals surface area (Å²) >= 11 is 0. The molecule has 0 saturated carbocycles. The van der Waals surface area contributed by atoms with Gasteiger partial charge >= 0.3 is 5.97 Å². The van der Waals surface area contributed by atoms with Crippen LogP contribution in [0.15, 0.2) is 30.3 Å². The second kappa shape index (κ2) is 7.93. The van der Waals surface area contributed by atoms with Crippen molar-refractivity contribution in [3.8, 4) is 0 Å². The first kappa shape index (κ1) is 16.5. The Morgan fingerprint density at radius 2 is 1.80 bits per heavy atom. The van der Waals surface area contributed by atoms with Crippen LogP contribution in [-0.2, 0) is 9.47 Å². The molecule has 20 heavy (non-hydrogen) atoms. The van der Waals surface area contributed by atoms with Gasteiger partial charge in [0.25, 0.3) is 0 Å². The van der Waals surface area contributed by atoms with Crippen molar-refractivity contribution < 1.29 is 34.7 Å². The van der Waals surface area contributed by atoms with Gasteiger partial charge in [-0.1, -0.05) is 18.2 Å². The number of hydrogen-bond acceptors (Lipinski definition) is 6. The van der Waals surface area contributed by atoms with Gasteiger partial charge in [-0.3, -0.25) is 0 Å². The van der Waals surface area contributed by atoms with Crippen molar-refractivity contribution in [3.05, 3.63) is 35.9 Å². The number of carboxylic acids is 1. The van der Waals surface area contributed by atoms with E-state index in [1.165, 1.54) is 7.11 Å². The molecule has 112 valence electrons. The van der Waals surface area contributed by atoms with Crippen molar-refractivity contribution in [3.63, 3.8) is 0 Å². The molecule has 1 aliphatic heterocycles. The first-order valence-electron chi connectivity index (χ1n) is 5.94. The normalized spacial score (nSPS) is 29.2. The lowest BCUT2D eigenvalue weighted by Crippen LogP contribution is -2.53. The molecule has 7 heteroatoms. The number of carboxylic acid groups (broad SMARTS) is 1. The van der Waals surface area contributed by atoms with Crippen molar-refractivity contribution in [2.24, 2.45) is 0 Å². The number of aliphatic hydroxyl groups is 3. The fraction of sp³-hybridized carbons (Fsp3) is 0.462. The minimum absolute atomic E-state index is 0.0171. The number of methoxy groups -OCH3 is 1. The number of benzene rings is 1. The van der Waals surface area contributed by atoms with Crippen LogP contribution in [0.4, 0.5) is 0 Å². The zero-order chi connectivity index (χ0) is 15.1. The van der Waals surface area contributed by atoms with Crippen LogP contribution < -0.4 is 0 Å². The maximum Gasteiger partial charge on any atom is 0.335 e. The predicted octanol–water partition coefficient (Wildman–Crippen LogP) is -0.543. The SMILES string of the molecule is COC1OCC(O)C(O)C1O.O=C(O)c1ccccc1. The van der Waals surface area contributed by atoms with Crippen LogP contribution in [-0.4, -0.2) is 64.7 Å². The van der Waals surface area contributed by atoms with Gasteiger partial charge < -0.3 is 29.9 Å². The quantitative estimate of drug-likeness (QED) is 0.576. The Labute approximate surface area is 116 Å². The fourth-order valence-electron chi connectivity index (χ4n) is 1.57. The van der Waals surface area contributed by atoms with E-state index in [2.05, 4.69) is 4.74 Å². The van der Waals surface area contributed by atoms with E-state index in [9.17, 15) is 4.79 Å². The standard InChI is InChI=1S/C7H6O2.C6H12O5/c8-7(9)6-4-2-1-3-5-6;1-10-6-5(9)4(8)3(7)2-11-6/h1-5H,(H,8,9);3-9H,2H2,1H3. The van der Waals surface area contributed by atoms with Crippen LogP contribution in [0.5, 0.6) is 0 Å². The van der Waals surface area contributed by atoms with Gasteiger partial charge in [0, 0.05) is 7.11 Å². The largest absolute Gasteiger partial charge is 0.478 e. The van der Waals surface area contributed by atoms with E-state index < -0.39 is 30.6 Å². The number of ether oxygens (including phenoxy) is 2. The summed E-state index contributed by atoms with van der Waals surface area (Å²) in [5.41, 5.74) is 0.331. The molecule has 4 atom stereocenters. The summed E-state index contributed by atoms with van der Waals surface area (Å²) in [6, 6.07) is 8.30. The summed E-state index contributed by atoms with van der Waals surface area (Å²) in [4.78, 5) is 10.2. The monoisotopic (exact) mass is 286 g/mol. The maximum atomic E-state index is 10.2. The number of aromatic carboxylic acids is 1. The minimum atomic E-state index is -1.19. The highest BCUT2D eigenvalue weighted by Crippen LogP contribution is 2.15. The highest BCUT2D eigenvalue weighted by molar-refractivity contribution is 5.87. The number of aliphatic hydroxyl groups excluding tert-OH is 3. The van der Waals surface area contributed by atoms with Crippen LogP contribution >= 0.6 is 0 Å². The summed E-state index contributed by atoms with van der Waals surface area (Å²) in [6.07, 6.45) is -4.23. The molecule has 1 aromatic carbocycles. The van der Waals surface area contributed by atoms with E-state index in [1.54, 1.807) is 30.3 Å². The highest BCUT2D eigenvalue weighted by atomic mass is 16.7. The molecule has 0 radical (unpaired) electrons. The lowest BCUT2D eigenvalue weighted by molar-refractivity contribution is -0.261. The van der Waals surface area contributed by atoms with E-state index in [4.69, 9.17) is 25.2 Å². The third kappa shape index (κ3) is 4.55. The van der Waals surface area contributed by atoms with Gasteiger partial charge in [-0.05, 0) is 12.1 Å². The number of hydrogen-bond donors (Lipinski definition) is 4. The first-order valence-corrected chi connectivity index (χ1v) is 5.94. The van der Waals surface area contributed by atoms with E-state index in [1.807, 2.05) is 0 Å². The molecule has 7 nitrogen and oxygen atoms in total. The Balaban J connectivity index is 0.000000204. The zero-order valence-corrected chi connectivity index (χ0v) is 10.9. The van der Waals surface area contributed by atoms with Crippen molar-refractivity contribution in [1.82, 2.24) is 0 Å². The van der Waals surface area contributed by atoms with Crippen LogP contribution in [0.1, 0.15) is 10.4 Å². The van der Waals surface area contributed by atoms with Crippen molar-refractivity contribution in [2.75, 3.05) is 13.7 Å². The molecular formula is C13H18O7. The van der Waals surface area contributed by atoms with E-state index in [-0.39, 0.29) is 6.61 Å². The molecule has 0 amide bonds. The molecule has 0 aliphatic carbocycles. The van der Waals surface area contributed by atoms with Crippen LogP contribution in [0.3, 0.4) is 0 Å². The molecule has 1 fully saturated rings. The molecule has 1 aromatic rings. The van der Waals surface area contributed by atoms with Gasteiger partial charge in [-0.2, -0.15) is 0 Å². The lowest BCUT2D eigenvalue weighted by Gasteiger charge is -2.33. The second-order valence-electron chi connectivity index (χ2n) is 4.16. The van der Waals surface area contributed by atoms with E-state index in [0.717, 1.165) is 0 Å². The smallest absolute Gasteiger partial charge is 0.335 e. The third-order valence-corrected chi connectivity index (χ3v) is 2.71. The fourth-order valence-corrected chi connectivity index (χ4v) is 1.57. The van der Waals surface area contributed by atoms with Crippen molar-refractivity contribution in [1.29, 1.82) is 0 Å². The van der Waals surface area contributed by atoms with E-state index in [0.29, 0.717) is 5.56 Å². The Kier molecular flexibility index (Phi) is 6.56. The van der Waals surface area contributed by atoms with Gasteiger partial charge in [0.05, 0.1) is 12.2 Å². The molecule has 1 heterocycles. The first-order chi connectivity index (χ1) is 9.47. The summed E-state index contributed by atoms with van der Waals surface area (Å²) < 4.78 is 9.52. The Hall–Kier alpha value is -1.51. The lowest BCUT2D eigenvalue weighted by atomic mass is 10.1. The Morgan fingerprint density at radius 3 is 2.25 bits per heavy atom. The zero-order valence-electron chi connectivity index (χ0n) is 10.9. The molecular weight excluding hydrogens is 268 g/mol. The molecule has 1 saturated heterocycles. The summed E-state index contributed by atoms with van der Waals surface area (Å²) in [6.45, 7) is -0.0171. The second-order valence-corrected chi connectivity index (χ2v) is 4.16. The van der Waals surface area contributed by atoms with Crippen LogP contribution in [0.25, 0.3) is 0 Å². The molecule has 0 bridgehead atoms. The Bertz CT molecular complexity index is 406. The highest BCUT2D eigenvalue weighted by Gasteiger charge is 2.37. The molecule has 4 N–H and O–H groups in total. The molecule has 0 spiro atoms. The molecule has 2 rings (SSSR count). The maximum absolute atomic E-state index is 10.2. The van der Waals surface area contributed by atoms with Crippen LogP contribution in [0.2, 0.25) is 0 Å². The van der Waals surface area contributed by atoms with Crippen molar-refractivity contribution >= 4 is 5.97 Å². The van der Waals surface area contributed by atoms with Gasteiger partial charge in [0.2, 0.25) is 0 Å². The molecule has 4 unspecified atom stereocenters.